The molecule has 2 aliphatic carbocycles. The molecule has 0 radical (unpaired) electrons. The van der Waals surface area contributed by atoms with Gasteiger partial charge in [-0.05, 0) is 59.8 Å². The van der Waals surface area contributed by atoms with Gasteiger partial charge in [-0.25, -0.2) is 4.98 Å². The van der Waals surface area contributed by atoms with Crippen molar-refractivity contribution >= 4 is 35.6 Å². The molecule has 2 saturated carbocycles. The maximum Gasteiger partial charge on any atom is 0.314 e. The minimum absolute atomic E-state index is 0.0951. The topological polar surface area (TPSA) is 147 Å². The summed E-state index contributed by atoms with van der Waals surface area (Å²) in [6, 6.07) is 0. The average molecular weight is 498 g/mol. The van der Waals surface area contributed by atoms with Gasteiger partial charge in [0.05, 0.1) is 22.7 Å². The number of carbonyl (C=O) groups excluding carboxylic acids is 4. The fraction of sp³-hybridized carbons (Fsp3) is 0.727. The molecule has 0 spiro atoms. The largest absolute Gasteiger partial charge is 0.428 e. The van der Waals surface area contributed by atoms with E-state index in [1.165, 1.54) is 18.1 Å². The van der Waals surface area contributed by atoms with Crippen LogP contribution in [0.15, 0.2) is 11.5 Å². The normalized spacial score (nSPS) is 25.8. The minimum Gasteiger partial charge on any atom is -0.428 e. The SMILES string of the molecule is CC(C)(C)C(=O)OCOC(=O)C1CC(Sc2ncn[nH]2)C2C(C(=O)OCOC(=O)C(C)(C)C)C12. The summed E-state index contributed by atoms with van der Waals surface area (Å²) in [6.45, 7) is 9.22. The number of H-pyrrole nitrogens is 1. The van der Waals surface area contributed by atoms with E-state index in [-0.39, 0.29) is 17.1 Å². The molecular weight excluding hydrogens is 466 g/mol. The van der Waals surface area contributed by atoms with Gasteiger partial charge in [-0.15, -0.1) is 0 Å². The van der Waals surface area contributed by atoms with E-state index in [1.807, 2.05) is 0 Å². The fourth-order valence-electron chi connectivity index (χ4n) is 3.93. The van der Waals surface area contributed by atoms with Gasteiger partial charge in [-0.2, -0.15) is 5.10 Å². The maximum atomic E-state index is 12.8. The molecular formula is C22H31N3O8S. The second-order valence-corrected chi connectivity index (χ2v) is 11.7. The number of ether oxygens (including phenoxy) is 4. The molecule has 2 aliphatic rings. The molecule has 11 nitrogen and oxygen atoms in total. The Hall–Kier alpha value is -2.63. The van der Waals surface area contributed by atoms with E-state index in [4.69, 9.17) is 18.9 Å². The van der Waals surface area contributed by atoms with Crippen LogP contribution >= 0.6 is 11.8 Å². The molecule has 1 aromatic heterocycles. The second-order valence-electron chi connectivity index (χ2n) is 10.5. The Morgan fingerprint density at radius 1 is 0.912 bits per heavy atom. The summed E-state index contributed by atoms with van der Waals surface area (Å²) in [7, 11) is 0. The zero-order chi connectivity index (χ0) is 25.3. The summed E-state index contributed by atoms with van der Waals surface area (Å²) in [4.78, 5) is 53.3. The van der Waals surface area contributed by atoms with Gasteiger partial charge in [0.15, 0.2) is 5.16 Å². The lowest BCUT2D eigenvalue weighted by Crippen LogP contribution is -2.28. The van der Waals surface area contributed by atoms with Crippen LogP contribution in [-0.2, 0) is 38.1 Å². The van der Waals surface area contributed by atoms with Crippen LogP contribution in [0.4, 0.5) is 0 Å². The Labute approximate surface area is 202 Å². The number of thioether (sulfide) groups is 1. The summed E-state index contributed by atoms with van der Waals surface area (Å²) in [5.74, 6) is -3.54. The van der Waals surface area contributed by atoms with Crippen LogP contribution < -0.4 is 0 Å². The zero-order valence-corrected chi connectivity index (χ0v) is 21.0. The Balaban J connectivity index is 1.59. The van der Waals surface area contributed by atoms with Gasteiger partial charge in [-0.3, -0.25) is 24.3 Å². The lowest BCUT2D eigenvalue weighted by molar-refractivity contribution is -0.175. The molecule has 2 fully saturated rings. The molecule has 1 heterocycles. The van der Waals surface area contributed by atoms with Crippen LogP contribution in [0.25, 0.3) is 0 Å². The first-order chi connectivity index (χ1) is 15.8. The summed E-state index contributed by atoms with van der Waals surface area (Å²) < 4.78 is 20.4. The lowest BCUT2D eigenvalue weighted by Gasteiger charge is -2.19. The molecule has 0 bridgehead atoms. The van der Waals surface area contributed by atoms with Crippen molar-refractivity contribution in [3.63, 3.8) is 0 Å². The molecule has 1 aromatic rings. The third kappa shape index (κ3) is 6.08. The van der Waals surface area contributed by atoms with Crippen molar-refractivity contribution in [3.05, 3.63) is 6.33 Å². The van der Waals surface area contributed by atoms with E-state index in [0.29, 0.717) is 11.6 Å². The standard InChI is InChI=1S/C22H31N3O8S/c1-21(2,3)18(28)32-9-30-16(26)11-7-12(34-20-23-8-24-25-20)14-13(11)15(14)17(27)31-10-33-19(29)22(4,5)6/h8,11-15H,7,9-10H2,1-6H3,(H,23,24,25). The number of rotatable bonds is 8. The summed E-state index contributed by atoms with van der Waals surface area (Å²) in [6.07, 6.45) is 1.85. The number of carbonyl (C=O) groups is 4. The number of esters is 4. The van der Waals surface area contributed by atoms with Crippen molar-refractivity contribution in [2.45, 2.75) is 58.4 Å². The molecule has 12 heteroatoms. The number of hydrogen-bond donors (Lipinski definition) is 1. The summed E-state index contributed by atoms with van der Waals surface area (Å²) >= 11 is 1.40. The highest BCUT2D eigenvalue weighted by molar-refractivity contribution is 7.99. The predicted molar refractivity (Wildman–Crippen MR) is 118 cm³/mol. The Morgan fingerprint density at radius 3 is 1.97 bits per heavy atom. The highest BCUT2D eigenvalue weighted by atomic mass is 32.2. The van der Waals surface area contributed by atoms with Crippen LogP contribution in [0.1, 0.15) is 48.0 Å². The van der Waals surface area contributed by atoms with Crippen LogP contribution in [0, 0.1) is 34.5 Å². The molecule has 0 aliphatic heterocycles. The van der Waals surface area contributed by atoms with Gasteiger partial charge in [0.2, 0.25) is 13.6 Å². The number of aromatic nitrogens is 3. The molecule has 0 aromatic carbocycles. The number of aromatic amines is 1. The zero-order valence-electron chi connectivity index (χ0n) is 20.2. The van der Waals surface area contributed by atoms with E-state index in [0.717, 1.165) is 0 Å². The monoisotopic (exact) mass is 497 g/mol. The Morgan fingerprint density at radius 2 is 1.47 bits per heavy atom. The number of fused-ring (bicyclic) bond motifs is 1. The van der Waals surface area contributed by atoms with Crippen LogP contribution in [-0.4, -0.2) is 57.9 Å². The highest BCUT2D eigenvalue weighted by Gasteiger charge is 2.68. The van der Waals surface area contributed by atoms with Crippen molar-refractivity contribution in [2.24, 2.45) is 34.5 Å². The summed E-state index contributed by atoms with van der Waals surface area (Å²) in [5.41, 5.74) is -1.43. The summed E-state index contributed by atoms with van der Waals surface area (Å²) in [5, 5.41) is 7.08. The van der Waals surface area contributed by atoms with Gasteiger partial charge in [0.1, 0.15) is 6.33 Å². The van der Waals surface area contributed by atoms with Gasteiger partial charge in [0.25, 0.3) is 0 Å². The molecule has 0 amide bonds. The van der Waals surface area contributed by atoms with E-state index in [1.54, 1.807) is 41.5 Å². The molecule has 1 N–H and O–H groups in total. The van der Waals surface area contributed by atoms with Crippen LogP contribution in [0.5, 0.6) is 0 Å². The van der Waals surface area contributed by atoms with E-state index >= 15 is 0 Å². The van der Waals surface area contributed by atoms with Crippen molar-refractivity contribution in [1.82, 2.24) is 15.2 Å². The Kier molecular flexibility index (Phi) is 7.59. The third-order valence-electron chi connectivity index (χ3n) is 5.75. The van der Waals surface area contributed by atoms with Crippen molar-refractivity contribution in [1.29, 1.82) is 0 Å². The van der Waals surface area contributed by atoms with Gasteiger partial charge in [0, 0.05) is 5.25 Å². The maximum absolute atomic E-state index is 12.8. The quantitative estimate of drug-likeness (QED) is 0.417. The second kappa shape index (κ2) is 9.93. The number of nitrogens with one attached hydrogen (secondary N) is 1. The fourth-order valence-corrected chi connectivity index (χ4v) is 5.24. The first-order valence-corrected chi connectivity index (χ1v) is 11.9. The van der Waals surface area contributed by atoms with E-state index < -0.39 is 60.1 Å². The minimum atomic E-state index is -0.717. The molecule has 5 unspecified atom stereocenters. The van der Waals surface area contributed by atoms with Crippen LogP contribution in [0.2, 0.25) is 0 Å². The van der Waals surface area contributed by atoms with Crippen molar-refractivity contribution in [2.75, 3.05) is 13.6 Å². The Bertz CT molecular complexity index is 922. The van der Waals surface area contributed by atoms with Crippen LogP contribution in [0.3, 0.4) is 0 Å². The highest BCUT2D eigenvalue weighted by Crippen LogP contribution is 2.64. The van der Waals surface area contributed by atoms with E-state index in [9.17, 15) is 19.2 Å². The molecule has 5 atom stereocenters. The van der Waals surface area contributed by atoms with E-state index in [2.05, 4.69) is 15.2 Å². The lowest BCUT2D eigenvalue weighted by atomic mass is 9.97. The van der Waals surface area contributed by atoms with Gasteiger partial charge < -0.3 is 18.9 Å². The van der Waals surface area contributed by atoms with Crippen molar-refractivity contribution in [3.8, 4) is 0 Å². The number of hydrogen-bond acceptors (Lipinski definition) is 11. The van der Waals surface area contributed by atoms with Gasteiger partial charge >= 0.3 is 23.9 Å². The smallest absolute Gasteiger partial charge is 0.314 e. The van der Waals surface area contributed by atoms with Crippen molar-refractivity contribution < 1.29 is 38.1 Å². The molecule has 34 heavy (non-hydrogen) atoms. The average Bonchev–Trinajstić information content (AvgIpc) is 3.04. The first kappa shape index (κ1) is 26.0. The number of nitrogens with zero attached hydrogens (tertiary/aromatic N) is 2. The van der Waals surface area contributed by atoms with Gasteiger partial charge in [-0.1, -0.05) is 11.8 Å². The first-order valence-electron chi connectivity index (χ1n) is 11.0. The molecule has 188 valence electrons. The molecule has 3 rings (SSSR count). The predicted octanol–water partition coefficient (Wildman–Crippen LogP) is 2.33. The molecule has 0 saturated heterocycles. The third-order valence-corrected chi connectivity index (χ3v) is 6.98.